The predicted molar refractivity (Wildman–Crippen MR) is 116 cm³/mol. The van der Waals surface area contributed by atoms with Crippen LogP contribution in [0.1, 0.15) is 30.9 Å². The van der Waals surface area contributed by atoms with Gasteiger partial charge in [0.2, 0.25) is 0 Å². The molecule has 154 valence electrons. The number of likely N-dealkylation sites (tertiary alicyclic amines) is 1. The first-order valence-corrected chi connectivity index (χ1v) is 10.6. The maximum atomic E-state index is 12.5. The van der Waals surface area contributed by atoms with Crippen molar-refractivity contribution in [3.63, 3.8) is 0 Å². The number of aromatic nitrogens is 2. The number of amides is 2. The van der Waals surface area contributed by atoms with Crippen LogP contribution in [0.3, 0.4) is 0 Å². The van der Waals surface area contributed by atoms with Gasteiger partial charge >= 0.3 is 6.03 Å². The number of urea groups is 1. The number of anilines is 1. The van der Waals surface area contributed by atoms with Crippen LogP contribution in [0.5, 0.6) is 0 Å². The van der Waals surface area contributed by atoms with Crippen LogP contribution >= 0.6 is 0 Å². The molecule has 0 radical (unpaired) electrons. The number of nitrogens with one attached hydrogen (secondary N) is 1. The minimum Gasteiger partial charge on any atom is -0.393 e. The molecular formula is C24H26N4O2. The van der Waals surface area contributed by atoms with Crippen LogP contribution in [0.2, 0.25) is 0 Å². The second-order valence-corrected chi connectivity index (χ2v) is 8.21. The summed E-state index contributed by atoms with van der Waals surface area (Å²) in [6, 6.07) is 17.9. The molecular weight excluding hydrogens is 376 g/mol. The zero-order valence-electron chi connectivity index (χ0n) is 16.8. The van der Waals surface area contributed by atoms with E-state index < -0.39 is 6.10 Å². The highest BCUT2D eigenvalue weighted by molar-refractivity contribution is 5.89. The van der Waals surface area contributed by atoms with Gasteiger partial charge in [-0.15, -0.1) is 0 Å². The molecule has 0 saturated carbocycles. The third kappa shape index (κ3) is 3.48. The summed E-state index contributed by atoms with van der Waals surface area (Å²) in [4.78, 5) is 18.7. The lowest BCUT2D eigenvalue weighted by Crippen LogP contribution is -2.43. The van der Waals surface area contributed by atoms with Crippen molar-refractivity contribution in [2.24, 2.45) is 5.92 Å². The van der Waals surface area contributed by atoms with E-state index in [-0.39, 0.29) is 18.0 Å². The van der Waals surface area contributed by atoms with E-state index in [1.165, 1.54) is 11.1 Å². The summed E-state index contributed by atoms with van der Waals surface area (Å²) in [6.07, 6.45) is 5.65. The summed E-state index contributed by atoms with van der Waals surface area (Å²) < 4.78 is 2.18. The molecule has 3 heterocycles. The molecule has 1 unspecified atom stereocenters. The van der Waals surface area contributed by atoms with E-state index in [0.29, 0.717) is 19.5 Å². The van der Waals surface area contributed by atoms with Gasteiger partial charge in [-0.2, -0.15) is 0 Å². The van der Waals surface area contributed by atoms with Gasteiger partial charge < -0.3 is 19.9 Å². The van der Waals surface area contributed by atoms with E-state index in [2.05, 4.69) is 33.1 Å². The summed E-state index contributed by atoms with van der Waals surface area (Å²) in [5, 5.41) is 14.0. The van der Waals surface area contributed by atoms with Crippen molar-refractivity contribution in [3.8, 4) is 11.3 Å². The molecule has 1 aromatic heterocycles. The van der Waals surface area contributed by atoms with E-state index in [0.717, 1.165) is 24.2 Å². The number of rotatable bonds is 4. The Morgan fingerprint density at radius 1 is 1.10 bits per heavy atom. The summed E-state index contributed by atoms with van der Waals surface area (Å²) in [5.41, 5.74) is 4.39. The Kier molecular flexibility index (Phi) is 5.01. The van der Waals surface area contributed by atoms with E-state index in [1.54, 1.807) is 0 Å². The highest BCUT2D eigenvalue weighted by Gasteiger charge is 2.33. The number of nitrogens with zero attached hydrogens (tertiary/aromatic N) is 3. The van der Waals surface area contributed by atoms with Gasteiger partial charge in [-0.1, -0.05) is 42.5 Å². The maximum absolute atomic E-state index is 12.5. The molecule has 2 atom stereocenters. The molecule has 2 aliphatic heterocycles. The van der Waals surface area contributed by atoms with Gasteiger partial charge in [-0.05, 0) is 42.9 Å². The normalized spacial score (nSPS) is 19.2. The molecule has 2 amide bonds. The minimum atomic E-state index is -0.407. The van der Waals surface area contributed by atoms with Crippen LogP contribution in [-0.2, 0) is 0 Å². The summed E-state index contributed by atoms with van der Waals surface area (Å²) in [5.74, 6) is 0.200. The third-order valence-electron chi connectivity index (χ3n) is 6.46. The second-order valence-electron chi connectivity index (χ2n) is 8.21. The Morgan fingerprint density at radius 3 is 2.63 bits per heavy atom. The fourth-order valence-corrected chi connectivity index (χ4v) is 4.81. The number of piperidine rings is 1. The lowest BCUT2D eigenvalue weighted by molar-refractivity contribution is 0.0552. The lowest BCUT2D eigenvalue weighted by Gasteiger charge is -2.35. The van der Waals surface area contributed by atoms with Gasteiger partial charge in [0, 0.05) is 24.3 Å². The van der Waals surface area contributed by atoms with Crippen LogP contribution in [0.15, 0.2) is 67.1 Å². The number of para-hydroxylation sites is 1. The number of fused-ring (bicyclic) bond motifs is 3. The summed E-state index contributed by atoms with van der Waals surface area (Å²) >= 11 is 0. The Morgan fingerprint density at radius 2 is 1.83 bits per heavy atom. The van der Waals surface area contributed by atoms with Crippen LogP contribution in [0, 0.1) is 5.92 Å². The van der Waals surface area contributed by atoms with Crippen molar-refractivity contribution in [2.45, 2.75) is 31.4 Å². The van der Waals surface area contributed by atoms with Crippen LogP contribution in [0.25, 0.3) is 11.3 Å². The Balaban J connectivity index is 1.20. The lowest BCUT2D eigenvalue weighted by atomic mass is 9.86. The van der Waals surface area contributed by atoms with Crippen molar-refractivity contribution in [1.82, 2.24) is 14.5 Å². The van der Waals surface area contributed by atoms with Crippen LogP contribution < -0.4 is 5.32 Å². The monoisotopic (exact) mass is 402 g/mol. The molecule has 0 spiro atoms. The van der Waals surface area contributed by atoms with E-state index in [9.17, 15) is 9.90 Å². The minimum absolute atomic E-state index is 0.0677. The van der Waals surface area contributed by atoms with Gasteiger partial charge in [-0.3, -0.25) is 0 Å². The number of hydrogen-bond donors (Lipinski definition) is 2. The Hall–Kier alpha value is -3.12. The maximum Gasteiger partial charge on any atom is 0.321 e. The fourth-order valence-electron chi connectivity index (χ4n) is 4.81. The Bertz CT molecular complexity index is 1020. The van der Waals surface area contributed by atoms with Crippen molar-refractivity contribution in [2.75, 3.05) is 18.4 Å². The highest BCUT2D eigenvalue weighted by Crippen LogP contribution is 2.42. The number of imidazole rings is 1. The van der Waals surface area contributed by atoms with Crippen molar-refractivity contribution in [1.29, 1.82) is 0 Å². The molecule has 2 aromatic carbocycles. The van der Waals surface area contributed by atoms with E-state index in [1.807, 2.05) is 53.8 Å². The topological polar surface area (TPSA) is 70.4 Å². The standard InChI is InChI=1S/C24H26N4O2/c29-23(14-21-19-8-4-5-9-20(19)22-15-25-16-28(21)22)17-10-12-27(13-11-17)24(30)26-18-6-2-1-3-7-18/h1-9,15-17,21,23,29H,10-14H2,(H,26,30)/t21?,23-/m0/s1. The largest absolute Gasteiger partial charge is 0.393 e. The molecule has 0 aliphatic carbocycles. The molecule has 3 aromatic rings. The number of benzene rings is 2. The molecule has 1 fully saturated rings. The molecule has 30 heavy (non-hydrogen) atoms. The average molecular weight is 402 g/mol. The van der Waals surface area contributed by atoms with Gasteiger partial charge in [0.05, 0.1) is 30.4 Å². The fraction of sp³-hybridized carbons (Fsp3) is 0.333. The van der Waals surface area contributed by atoms with Gasteiger partial charge in [0.25, 0.3) is 0 Å². The van der Waals surface area contributed by atoms with E-state index in [4.69, 9.17) is 0 Å². The van der Waals surface area contributed by atoms with Crippen molar-refractivity contribution >= 4 is 11.7 Å². The highest BCUT2D eigenvalue weighted by atomic mass is 16.3. The molecule has 0 bridgehead atoms. The number of carbonyl (C=O) groups excluding carboxylic acids is 1. The first kappa shape index (κ1) is 18.9. The molecule has 1 saturated heterocycles. The van der Waals surface area contributed by atoms with Gasteiger partial charge in [0.15, 0.2) is 0 Å². The third-order valence-corrected chi connectivity index (χ3v) is 6.46. The molecule has 2 aliphatic rings. The molecule has 6 nitrogen and oxygen atoms in total. The number of carbonyl (C=O) groups is 1. The second kappa shape index (κ2) is 7.95. The zero-order chi connectivity index (χ0) is 20.5. The smallest absolute Gasteiger partial charge is 0.321 e. The van der Waals surface area contributed by atoms with Crippen LogP contribution in [-0.4, -0.2) is 44.8 Å². The van der Waals surface area contributed by atoms with Gasteiger partial charge in [0.1, 0.15) is 0 Å². The Labute approximate surface area is 176 Å². The molecule has 5 rings (SSSR count). The average Bonchev–Trinajstić information content (AvgIpc) is 3.37. The van der Waals surface area contributed by atoms with E-state index >= 15 is 0 Å². The number of hydrogen-bond acceptors (Lipinski definition) is 3. The van der Waals surface area contributed by atoms with Gasteiger partial charge in [-0.25, -0.2) is 9.78 Å². The quantitative estimate of drug-likeness (QED) is 0.689. The summed E-state index contributed by atoms with van der Waals surface area (Å²) in [6.45, 7) is 1.33. The summed E-state index contributed by atoms with van der Waals surface area (Å²) in [7, 11) is 0. The number of aliphatic hydroxyl groups is 1. The molecule has 6 heteroatoms. The van der Waals surface area contributed by atoms with Crippen LogP contribution in [0.4, 0.5) is 10.5 Å². The SMILES string of the molecule is O=C(Nc1ccccc1)N1CCC([C@@H](O)CC2c3ccccc3-c3cncn32)CC1. The predicted octanol–water partition coefficient (Wildman–Crippen LogP) is 4.15. The molecule has 2 N–H and O–H groups in total. The van der Waals surface area contributed by atoms with Crippen molar-refractivity contribution in [3.05, 3.63) is 72.7 Å². The zero-order valence-corrected chi connectivity index (χ0v) is 16.8. The van der Waals surface area contributed by atoms with Crippen molar-refractivity contribution < 1.29 is 9.90 Å². The first-order valence-electron chi connectivity index (χ1n) is 10.6. The number of aliphatic hydroxyl groups excluding tert-OH is 1. The first-order chi connectivity index (χ1) is 14.7.